The smallest absolute Gasteiger partial charge is 0.270 e. The molecule has 3 N–H and O–H groups in total. The predicted octanol–water partition coefficient (Wildman–Crippen LogP) is 1.86. The van der Waals surface area contributed by atoms with Crippen LogP contribution in [0.3, 0.4) is 0 Å². The van der Waals surface area contributed by atoms with E-state index in [0.717, 1.165) is 37.1 Å². The fourth-order valence-corrected chi connectivity index (χ4v) is 2.93. The average Bonchev–Trinajstić information content (AvgIpc) is 2.87. The summed E-state index contributed by atoms with van der Waals surface area (Å²) in [7, 11) is 0. The lowest BCUT2D eigenvalue weighted by atomic mass is 9.94. The van der Waals surface area contributed by atoms with Crippen LogP contribution in [0, 0.1) is 6.92 Å². The minimum Gasteiger partial charge on any atom is -0.378 e. The average molecular weight is 297 g/mol. The Hall–Kier alpha value is -0.980. The molecule has 0 unspecified atom stereocenters. The van der Waals surface area contributed by atoms with Crippen molar-refractivity contribution in [2.45, 2.75) is 51.2 Å². The lowest BCUT2D eigenvalue weighted by molar-refractivity contribution is 0.0241. The van der Waals surface area contributed by atoms with Crippen LogP contribution in [0.2, 0.25) is 0 Å². The Kier molecular flexibility index (Phi) is 5.94. The van der Waals surface area contributed by atoms with Gasteiger partial charge in [-0.15, -0.1) is 11.3 Å². The topological polar surface area (TPSA) is 77.2 Å². The molecular weight excluding hydrogens is 274 g/mol. The Bertz CT molecular complexity index is 428. The molecule has 5 nitrogen and oxygen atoms in total. The van der Waals surface area contributed by atoms with E-state index in [1.165, 1.54) is 11.3 Å². The molecule has 1 aliphatic carbocycles. The Labute approximate surface area is 123 Å². The van der Waals surface area contributed by atoms with Crippen LogP contribution in [-0.4, -0.2) is 36.2 Å². The highest BCUT2D eigenvalue weighted by atomic mass is 32.1. The summed E-state index contributed by atoms with van der Waals surface area (Å²) in [6.45, 7) is 3.21. The van der Waals surface area contributed by atoms with Crippen molar-refractivity contribution in [3.8, 4) is 0 Å². The molecule has 0 saturated heterocycles. The van der Waals surface area contributed by atoms with Gasteiger partial charge in [-0.05, 0) is 39.0 Å². The third-order valence-corrected chi connectivity index (χ3v) is 4.30. The Morgan fingerprint density at radius 3 is 2.90 bits per heavy atom. The van der Waals surface area contributed by atoms with Gasteiger partial charge in [-0.25, -0.2) is 4.98 Å². The minimum absolute atomic E-state index is 0.0991. The zero-order valence-electron chi connectivity index (χ0n) is 11.9. The van der Waals surface area contributed by atoms with Crippen LogP contribution in [0.15, 0.2) is 5.38 Å². The third kappa shape index (κ3) is 4.85. The molecule has 1 amide bonds. The Morgan fingerprint density at radius 2 is 2.25 bits per heavy atom. The van der Waals surface area contributed by atoms with Crippen LogP contribution in [0.1, 0.15) is 47.6 Å². The van der Waals surface area contributed by atoms with Gasteiger partial charge in [-0.1, -0.05) is 0 Å². The summed E-state index contributed by atoms with van der Waals surface area (Å²) in [6, 6.07) is 0.357. The Balaban J connectivity index is 1.54. The summed E-state index contributed by atoms with van der Waals surface area (Å²) < 4.78 is 5.80. The van der Waals surface area contributed by atoms with E-state index in [0.29, 0.717) is 31.0 Å². The number of hydrogen-bond acceptors (Lipinski definition) is 5. The molecule has 0 bridgehead atoms. The number of carbonyl (C=O) groups is 1. The number of carbonyl (C=O) groups excluding carboxylic acids is 1. The first kappa shape index (κ1) is 15.4. The number of ether oxygens (including phenoxy) is 1. The largest absolute Gasteiger partial charge is 0.378 e. The van der Waals surface area contributed by atoms with Crippen LogP contribution < -0.4 is 11.1 Å². The van der Waals surface area contributed by atoms with Gasteiger partial charge in [-0.3, -0.25) is 4.79 Å². The maximum Gasteiger partial charge on any atom is 0.270 e. The van der Waals surface area contributed by atoms with Gasteiger partial charge in [0.2, 0.25) is 0 Å². The molecule has 0 aliphatic heterocycles. The van der Waals surface area contributed by atoms with Gasteiger partial charge in [0.1, 0.15) is 5.69 Å². The molecular formula is C14H23N3O2S. The van der Waals surface area contributed by atoms with Gasteiger partial charge in [-0.2, -0.15) is 0 Å². The second-order valence-electron chi connectivity index (χ2n) is 5.27. The molecule has 0 aromatic carbocycles. The van der Waals surface area contributed by atoms with Gasteiger partial charge in [0.05, 0.1) is 11.1 Å². The number of aromatic nitrogens is 1. The van der Waals surface area contributed by atoms with Gasteiger partial charge in [0.15, 0.2) is 0 Å². The molecule has 2 rings (SSSR count). The monoisotopic (exact) mass is 297 g/mol. The highest BCUT2D eigenvalue weighted by molar-refractivity contribution is 7.09. The summed E-state index contributed by atoms with van der Waals surface area (Å²) in [4.78, 5) is 15.9. The van der Waals surface area contributed by atoms with E-state index >= 15 is 0 Å². The molecule has 1 fully saturated rings. The molecule has 0 atom stereocenters. The zero-order chi connectivity index (χ0) is 14.4. The number of nitrogens with two attached hydrogens (primary N) is 1. The second kappa shape index (κ2) is 7.71. The fraction of sp³-hybridized carbons (Fsp3) is 0.714. The van der Waals surface area contributed by atoms with Gasteiger partial charge in [0.25, 0.3) is 5.91 Å². The molecule has 6 heteroatoms. The first-order valence-corrected chi connectivity index (χ1v) is 8.10. The summed E-state index contributed by atoms with van der Waals surface area (Å²) in [5.41, 5.74) is 6.36. The van der Waals surface area contributed by atoms with E-state index < -0.39 is 0 Å². The highest BCUT2D eigenvalue weighted by Crippen LogP contribution is 2.19. The lowest BCUT2D eigenvalue weighted by Gasteiger charge is -2.26. The summed E-state index contributed by atoms with van der Waals surface area (Å²) in [6.07, 6.45) is 5.43. The number of rotatable bonds is 6. The molecule has 1 aromatic rings. The summed E-state index contributed by atoms with van der Waals surface area (Å²) >= 11 is 1.49. The van der Waals surface area contributed by atoms with Gasteiger partial charge in [0, 0.05) is 24.6 Å². The van der Waals surface area contributed by atoms with Crippen molar-refractivity contribution in [2.75, 3.05) is 13.2 Å². The van der Waals surface area contributed by atoms with Crippen molar-refractivity contribution in [3.05, 3.63) is 16.1 Å². The predicted molar refractivity (Wildman–Crippen MR) is 80.0 cm³/mol. The third-order valence-electron chi connectivity index (χ3n) is 3.53. The molecule has 0 spiro atoms. The van der Waals surface area contributed by atoms with Crippen LogP contribution in [0.4, 0.5) is 0 Å². The van der Waals surface area contributed by atoms with Crippen molar-refractivity contribution in [3.63, 3.8) is 0 Å². The van der Waals surface area contributed by atoms with E-state index in [9.17, 15) is 4.79 Å². The minimum atomic E-state index is -0.0991. The van der Waals surface area contributed by atoms with Crippen molar-refractivity contribution in [1.29, 1.82) is 0 Å². The zero-order valence-corrected chi connectivity index (χ0v) is 12.7. The van der Waals surface area contributed by atoms with Gasteiger partial charge >= 0.3 is 0 Å². The molecule has 1 aromatic heterocycles. The standard InChI is InChI=1S/C14H23N3O2S/c1-10-17-13(9-20-10)14(18)16-7-2-8-19-12-5-3-11(15)4-6-12/h9,11-12H,2-8,15H2,1H3,(H,16,18). The quantitative estimate of drug-likeness (QED) is 0.786. The number of aryl methyl sites for hydroxylation is 1. The normalized spacial score (nSPS) is 22.7. The molecule has 0 radical (unpaired) electrons. The van der Waals surface area contributed by atoms with E-state index in [1.807, 2.05) is 6.92 Å². The first-order valence-electron chi connectivity index (χ1n) is 7.22. The lowest BCUT2D eigenvalue weighted by Crippen LogP contribution is -2.31. The van der Waals surface area contributed by atoms with Crippen LogP contribution in [-0.2, 0) is 4.74 Å². The number of amides is 1. The Morgan fingerprint density at radius 1 is 1.50 bits per heavy atom. The van der Waals surface area contributed by atoms with Crippen LogP contribution >= 0.6 is 11.3 Å². The molecule has 1 heterocycles. The fourth-order valence-electron chi connectivity index (χ4n) is 2.34. The van der Waals surface area contributed by atoms with E-state index in [1.54, 1.807) is 5.38 Å². The number of nitrogens with one attached hydrogen (secondary N) is 1. The first-order chi connectivity index (χ1) is 9.65. The summed E-state index contributed by atoms with van der Waals surface area (Å²) in [5, 5.41) is 5.56. The number of nitrogens with zero attached hydrogens (tertiary/aromatic N) is 1. The number of thiazole rings is 1. The molecule has 1 saturated carbocycles. The molecule has 112 valence electrons. The maximum absolute atomic E-state index is 11.7. The SMILES string of the molecule is Cc1nc(C(=O)NCCCOC2CCC(N)CC2)cs1. The molecule has 20 heavy (non-hydrogen) atoms. The van der Waals surface area contributed by atoms with E-state index in [2.05, 4.69) is 10.3 Å². The molecule has 1 aliphatic rings. The highest BCUT2D eigenvalue weighted by Gasteiger charge is 2.18. The van der Waals surface area contributed by atoms with Crippen molar-refractivity contribution >= 4 is 17.2 Å². The van der Waals surface area contributed by atoms with E-state index in [-0.39, 0.29) is 5.91 Å². The van der Waals surface area contributed by atoms with Crippen LogP contribution in [0.25, 0.3) is 0 Å². The van der Waals surface area contributed by atoms with Gasteiger partial charge < -0.3 is 15.8 Å². The van der Waals surface area contributed by atoms with Crippen molar-refractivity contribution < 1.29 is 9.53 Å². The van der Waals surface area contributed by atoms with Crippen LogP contribution in [0.5, 0.6) is 0 Å². The second-order valence-corrected chi connectivity index (χ2v) is 6.33. The van der Waals surface area contributed by atoms with Crippen molar-refractivity contribution in [2.24, 2.45) is 5.73 Å². The maximum atomic E-state index is 11.7. The summed E-state index contributed by atoms with van der Waals surface area (Å²) in [5.74, 6) is -0.0991. The number of hydrogen-bond donors (Lipinski definition) is 2. The van der Waals surface area contributed by atoms with Crippen molar-refractivity contribution in [1.82, 2.24) is 10.3 Å². The van der Waals surface area contributed by atoms with E-state index in [4.69, 9.17) is 10.5 Å².